The fraction of sp³-hybridized carbons (Fsp3) is 0.250. The number of amides is 1. The first-order valence-electron chi connectivity index (χ1n) is 9.47. The molecule has 0 radical (unpaired) electrons. The zero-order chi connectivity index (χ0) is 20.1. The number of pyridine rings is 1. The van der Waals surface area contributed by atoms with Crippen LogP contribution in [0.4, 0.5) is 5.95 Å². The van der Waals surface area contributed by atoms with Gasteiger partial charge in [0.1, 0.15) is 17.0 Å². The lowest BCUT2D eigenvalue weighted by Gasteiger charge is -2.16. The molecule has 1 aliphatic heterocycles. The molecule has 5 heterocycles. The van der Waals surface area contributed by atoms with E-state index in [0.717, 1.165) is 17.7 Å². The molecule has 0 bridgehead atoms. The Kier molecular flexibility index (Phi) is 3.83. The highest BCUT2D eigenvalue weighted by molar-refractivity contribution is 5.98. The maximum atomic E-state index is 13.4. The highest BCUT2D eigenvalue weighted by Crippen LogP contribution is 2.25. The Labute approximate surface area is 165 Å². The molecule has 1 amide bonds. The highest BCUT2D eigenvalue weighted by Gasteiger charge is 2.29. The minimum absolute atomic E-state index is 0.165. The molecule has 0 unspecified atom stereocenters. The van der Waals surface area contributed by atoms with Crippen molar-refractivity contribution in [3.8, 4) is 0 Å². The van der Waals surface area contributed by atoms with Crippen molar-refractivity contribution in [3.63, 3.8) is 0 Å². The number of nitrogens with two attached hydrogens (primary N) is 1. The average molecular weight is 389 g/mol. The normalized spacial score (nSPS) is 13.3. The Morgan fingerprint density at radius 1 is 1.24 bits per heavy atom. The van der Waals surface area contributed by atoms with Crippen molar-refractivity contribution in [1.82, 2.24) is 28.8 Å². The second-order valence-electron chi connectivity index (χ2n) is 7.13. The van der Waals surface area contributed by atoms with E-state index in [1.165, 1.54) is 4.40 Å². The van der Waals surface area contributed by atoms with Crippen molar-refractivity contribution in [2.45, 2.75) is 33.0 Å². The number of aromatic nitrogens is 5. The van der Waals surface area contributed by atoms with Gasteiger partial charge < -0.3 is 15.2 Å². The summed E-state index contributed by atoms with van der Waals surface area (Å²) in [5.74, 6) is 0.0311. The summed E-state index contributed by atoms with van der Waals surface area (Å²) in [6.07, 6.45) is 4.15. The third kappa shape index (κ3) is 2.65. The number of nitrogens with zero attached hydrogens (tertiary/aromatic N) is 6. The van der Waals surface area contributed by atoms with Crippen LogP contribution in [0, 0.1) is 0 Å². The van der Waals surface area contributed by atoms with Crippen LogP contribution in [0.15, 0.2) is 41.5 Å². The molecule has 0 aliphatic carbocycles. The Balaban J connectivity index is 1.63. The number of anilines is 1. The molecule has 0 aromatic carbocycles. The zero-order valence-corrected chi connectivity index (χ0v) is 15.9. The van der Waals surface area contributed by atoms with Crippen LogP contribution in [0.2, 0.25) is 0 Å². The zero-order valence-electron chi connectivity index (χ0n) is 15.9. The van der Waals surface area contributed by atoms with Crippen LogP contribution >= 0.6 is 0 Å². The first kappa shape index (κ1) is 17.4. The van der Waals surface area contributed by atoms with E-state index in [1.807, 2.05) is 17.6 Å². The van der Waals surface area contributed by atoms with E-state index < -0.39 is 0 Å². The third-order valence-electron chi connectivity index (χ3n) is 5.20. The minimum Gasteiger partial charge on any atom is -0.368 e. The summed E-state index contributed by atoms with van der Waals surface area (Å²) < 4.78 is 3.34. The maximum Gasteiger partial charge on any atom is 0.271 e. The topological polar surface area (TPSA) is 111 Å². The van der Waals surface area contributed by atoms with Crippen molar-refractivity contribution >= 4 is 28.5 Å². The van der Waals surface area contributed by atoms with E-state index >= 15 is 0 Å². The lowest BCUT2D eigenvalue weighted by Crippen LogP contribution is -2.27. The van der Waals surface area contributed by atoms with E-state index in [1.54, 1.807) is 35.5 Å². The Hall–Kier alpha value is -3.75. The molecular weight excluding hydrogens is 370 g/mol. The molecule has 4 aromatic rings. The van der Waals surface area contributed by atoms with Crippen molar-refractivity contribution in [1.29, 1.82) is 0 Å². The standard InChI is InChI=1S/C20H19N7O2/c1-2-6-26-15(19(29)25-10-12-9-22-20(21)23-14(12)11-25)8-13-17(26)24-16-5-3-4-7-27(16)18(13)28/h3-5,7-9H,2,6,10-11H2,1H3,(H2,21,22,23). The van der Waals surface area contributed by atoms with Crippen LogP contribution in [-0.2, 0) is 19.6 Å². The predicted octanol–water partition coefficient (Wildman–Crippen LogP) is 1.59. The molecule has 0 saturated heterocycles. The van der Waals surface area contributed by atoms with Gasteiger partial charge in [-0.3, -0.25) is 14.0 Å². The quantitative estimate of drug-likeness (QED) is 0.569. The average Bonchev–Trinajstić information content (AvgIpc) is 3.30. The molecule has 5 rings (SSSR count). The van der Waals surface area contributed by atoms with Crippen LogP contribution in [0.3, 0.4) is 0 Å². The van der Waals surface area contributed by atoms with Gasteiger partial charge in [-0.25, -0.2) is 15.0 Å². The van der Waals surface area contributed by atoms with Crippen LogP contribution < -0.4 is 11.3 Å². The molecule has 9 nitrogen and oxygen atoms in total. The molecule has 0 fully saturated rings. The number of nitrogen functional groups attached to an aromatic ring is 1. The van der Waals surface area contributed by atoms with Crippen LogP contribution in [-0.4, -0.2) is 34.7 Å². The summed E-state index contributed by atoms with van der Waals surface area (Å²) in [6, 6.07) is 7.06. The first-order valence-corrected chi connectivity index (χ1v) is 9.47. The molecule has 1 aliphatic rings. The molecule has 29 heavy (non-hydrogen) atoms. The molecule has 9 heteroatoms. The van der Waals surface area contributed by atoms with Gasteiger partial charge in [0.2, 0.25) is 5.95 Å². The first-order chi connectivity index (χ1) is 14.1. The summed E-state index contributed by atoms with van der Waals surface area (Å²) in [5, 5.41) is 0.436. The lowest BCUT2D eigenvalue weighted by atomic mass is 10.3. The van der Waals surface area contributed by atoms with Gasteiger partial charge in [0.15, 0.2) is 0 Å². The number of carbonyl (C=O) groups is 1. The van der Waals surface area contributed by atoms with Crippen molar-refractivity contribution in [3.05, 3.63) is 64.0 Å². The van der Waals surface area contributed by atoms with Crippen molar-refractivity contribution in [2.24, 2.45) is 0 Å². The van der Waals surface area contributed by atoms with Crippen molar-refractivity contribution in [2.75, 3.05) is 5.73 Å². The molecule has 0 atom stereocenters. The maximum absolute atomic E-state index is 13.4. The van der Waals surface area contributed by atoms with Gasteiger partial charge in [0.05, 0.1) is 17.6 Å². The van der Waals surface area contributed by atoms with Crippen LogP contribution in [0.25, 0.3) is 16.7 Å². The van der Waals surface area contributed by atoms with Crippen LogP contribution in [0.1, 0.15) is 35.1 Å². The second-order valence-corrected chi connectivity index (χ2v) is 7.13. The van der Waals surface area contributed by atoms with E-state index in [2.05, 4.69) is 15.0 Å². The molecule has 0 spiro atoms. The summed E-state index contributed by atoms with van der Waals surface area (Å²) in [6.45, 7) is 3.39. The molecule has 2 N–H and O–H groups in total. The largest absolute Gasteiger partial charge is 0.368 e. The molecule has 4 aromatic heterocycles. The van der Waals surface area contributed by atoms with Gasteiger partial charge >= 0.3 is 0 Å². The molecular formula is C20H19N7O2. The van der Waals surface area contributed by atoms with Crippen molar-refractivity contribution < 1.29 is 4.79 Å². The lowest BCUT2D eigenvalue weighted by molar-refractivity contribution is 0.0739. The summed E-state index contributed by atoms with van der Waals surface area (Å²) in [5.41, 5.74) is 8.67. The third-order valence-corrected chi connectivity index (χ3v) is 5.20. The molecule has 0 saturated carbocycles. The van der Waals surface area contributed by atoms with Gasteiger partial charge in [0, 0.05) is 31.0 Å². The number of hydrogen-bond donors (Lipinski definition) is 1. The van der Waals surface area contributed by atoms with Gasteiger partial charge in [-0.1, -0.05) is 13.0 Å². The van der Waals surface area contributed by atoms with Gasteiger partial charge in [-0.05, 0) is 24.6 Å². The number of carbonyl (C=O) groups excluding carboxylic acids is 1. The summed E-state index contributed by atoms with van der Waals surface area (Å²) in [7, 11) is 0. The Bertz CT molecular complexity index is 1340. The summed E-state index contributed by atoms with van der Waals surface area (Å²) >= 11 is 0. The van der Waals surface area contributed by atoms with E-state index in [0.29, 0.717) is 42.0 Å². The number of fused-ring (bicyclic) bond motifs is 3. The minimum atomic E-state index is -0.183. The second kappa shape index (κ2) is 6.40. The number of hydrogen-bond acceptors (Lipinski definition) is 6. The summed E-state index contributed by atoms with van der Waals surface area (Å²) in [4.78, 5) is 40.9. The number of rotatable bonds is 3. The Morgan fingerprint density at radius 2 is 2.10 bits per heavy atom. The van der Waals surface area contributed by atoms with E-state index in [-0.39, 0.29) is 17.4 Å². The molecule has 146 valence electrons. The fourth-order valence-corrected chi connectivity index (χ4v) is 3.85. The van der Waals surface area contributed by atoms with E-state index in [4.69, 9.17) is 5.73 Å². The monoisotopic (exact) mass is 389 g/mol. The smallest absolute Gasteiger partial charge is 0.271 e. The van der Waals surface area contributed by atoms with Gasteiger partial charge in [-0.15, -0.1) is 0 Å². The van der Waals surface area contributed by atoms with Gasteiger partial charge in [0.25, 0.3) is 11.5 Å². The Morgan fingerprint density at radius 3 is 2.93 bits per heavy atom. The van der Waals surface area contributed by atoms with Gasteiger partial charge in [-0.2, -0.15) is 0 Å². The van der Waals surface area contributed by atoms with E-state index in [9.17, 15) is 9.59 Å². The predicted molar refractivity (Wildman–Crippen MR) is 107 cm³/mol. The fourth-order valence-electron chi connectivity index (χ4n) is 3.85. The SMILES string of the molecule is CCCn1c(C(=O)N2Cc3cnc(N)nc3C2)cc2c(=O)n3ccccc3nc21. The highest BCUT2D eigenvalue weighted by atomic mass is 16.2. The van der Waals surface area contributed by atoms with Crippen LogP contribution in [0.5, 0.6) is 0 Å². The number of aryl methyl sites for hydroxylation is 1.